The molecule has 21 heavy (non-hydrogen) atoms. The summed E-state index contributed by atoms with van der Waals surface area (Å²) in [6, 6.07) is 9.47. The maximum atomic E-state index is 12.0. The van der Waals surface area contributed by atoms with Crippen LogP contribution in [0, 0.1) is 0 Å². The fourth-order valence-corrected chi connectivity index (χ4v) is 1.80. The molecule has 6 heteroatoms. The number of rotatable bonds is 5. The van der Waals surface area contributed by atoms with Crippen LogP contribution in [0.2, 0.25) is 0 Å². The largest absolute Gasteiger partial charge is 0.493 e. The molecule has 1 aromatic carbocycles. The number of carbonyl (C=O) groups is 1. The topological polar surface area (TPSA) is 80.4 Å². The van der Waals surface area contributed by atoms with Crippen molar-refractivity contribution in [3.8, 4) is 11.5 Å². The lowest BCUT2D eigenvalue weighted by molar-refractivity contribution is 0.102. The van der Waals surface area contributed by atoms with Gasteiger partial charge in [0.2, 0.25) is 5.56 Å². The third-order valence-corrected chi connectivity index (χ3v) is 2.73. The van der Waals surface area contributed by atoms with Crippen molar-refractivity contribution in [3.63, 3.8) is 0 Å². The normalized spacial score (nSPS) is 10.0. The lowest BCUT2D eigenvalue weighted by Gasteiger charge is -2.11. The summed E-state index contributed by atoms with van der Waals surface area (Å²) in [5, 5.41) is 2.68. The minimum absolute atomic E-state index is 0.190. The second-order valence-electron chi connectivity index (χ2n) is 4.18. The molecule has 0 bridgehead atoms. The summed E-state index contributed by atoms with van der Waals surface area (Å²) in [6.45, 7) is 2.40. The van der Waals surface area contributed by atoms with Crippen molar-refractivity contribution >= 4 is 11.6 Å². The molecule has 0 radical (unpaired) electrons. The van der Waals surface area contributed by atoms with E-state index >= 15 is 0 Å². The maximum Gasteiger partial charge on any atom is 0.272 e. The number of hydrogen-bond donors (Lipinski definition) is 2. The third kappa shape index (κ3) is 3.62. The molecule has 0 aliphatic carbocycles. The Labute approximate surface area is 121 Å². The molecule has 2 rings (SSSR count). The molecule has 2 aromatic rings. The molecular weight excluding hydrogens is 272 g/mol. The molecule has 0 saturated carbocycles. The van der Waals surface area contributed by atoms with Crippen molar-refractivity contribution in [2.45, 2.75) is 6.92 Å². The Kier molecular flexibility index (Phi) is 4.61. The molecule has 6 nitrogen and oxygen atoms in total. The van der Waals surface area contributed by atoms with Crippen LogP contribution in [0.3, 0.4) is 0 Å². The van der Waals surface area contributed by atoms with Crippen molar-refractivity contribution in [2.24, 2.45) is 0 Å². The van der Waals surface area contributed by atoms with Gasteiger partial charge in [0.15, 0.2) is 11.5 Å². The Bertz CT molecular complexity index is 694. The van der Waals surface area contributed by atoms with Crippen LogP contribution in [0.25, 0.3) is 0 Å². The number of amides is 1. The first-order chi connectivity index (χ1) is 10.1. The molecule has 2 N–H and O–H groups in total. The van der Waals surface area contributed by atoms with Crippen LogP contribution < -0.4 is 20.3 Å². The van der Waals surface area contributed by atoms with Crippen LogP contribution in [0.1, 0.15) is 17.4 Å². The van der Waals surface area contributed by atoms with E-state index in [0.29, 0.717) is 23.8 Å². The zero-order chi connectivity index (χ0) is 15.2. The van der Waals surface area contributed by atoms with Crippen LogP contribution in [0.4, 0.5) is 5.69 Å². The number of nitrogens with one attached hydrogen (secondary N) is 2. The van der Waals surface area contributed by atoms with Crippen molar-refractivity contribution in [1.82, 2.24) is 4.98 Å². The predicted molar refractivity (Wildman–Crippen MR) is 79.2 cm³/mol. The van der Waals surface area contributed by atoms with E-state index in [0.717, 1.165) is 0 Å². The van der Waals surface area contributed by atoms with Gasteiger partial charge in [0, 0.05) is 17.8 Å². The Hall–Kier alpha value is -2.76. The highest BCUT2D eigenvalue weighted by atomic mass is 16.5. The van der Waals surface area contributed by atoms with Crippen molar-refractivity contribution in [1.29, 1.82) is 0 Å². The smallest absolute Gasteiger partial charge is 0.272 e. The first-order valence-corrected chi connectivity index (χ1v) is 6.45. The van der Waals surface area contributed by atoms with Crippen LogP contribution >= 0.6 is 0 Å². The Morgan fingerprint density at radius 1 is 1.24 bits per heavy atom. The van der Waals surface area contributed by atoms with Gasteiger partial charge < -0.3 is 19.8 Å². The van der Waals surface area contributed by atoms with Crippen LogP contribution in [0.15, 0.2) is 41.2 Å². The van der Waals surface area contributed by atoms with E-state index in [4.69, 9.17) is 9.47 Å². The number of methoxy groups -OCH3 is 1. The van der Waals surface area contributed by atoms with Crippen molar-refractivity contribution in [3.05, 3.63) is 52.4 Å². The first kappa shape index (κ1) is 14.6. The minimum Gasteiger partial charge on any atom is -0.493 e. The summed E-state index contributed by atoms with van der Waals surface area (Å²) >= 11 is 0. The SMILES string of the molecule is CCOc1ccc(NC(=O)c2cccc(=O)[nH]2)cc1OC. The van der Waals surface area contributed by atoms with Gasteiger partial charge in [0.05, 0.1) is 13.7 Å². The molecule has 1 aromatic heterocycles. The molecule has 0 spiro atoms. The van der Waals surface area contributed by atoms with Crippen molar-refractivity contribution < 1.29 is 14.3 Å². The van der Waals surface area contributed by atoms with Gasteiger partial charge in [-0.15, -0.1) is 0 Å². The Balaban J connectivity index is 2.19. The second-order valence-corrected chi connectivity index (χ2v) is 4.18. The summed E-state index contributed by atoms with van der Waals surface area (Å²) in [6.07, 6.45) is 0. The summed E-state index contributed by atoms with van der Waals surface area (Å²) in [7, 11) is 1.53. The fourth-order valence-electron chi connectivity index (χ4n) is 1.80. The standard InChI is InChI=1S/C15H16N2O4/c1-3-21-12-8-7-10(9-13(12)20-2)16-15(19)11-5-4-6-14(18)17-11/h4-9H,3H2,1-2H3,(H,16,19)(H,17,18). The average Bonchev–Trinajstić information content (AvgIpc) is 2.49. The van der Waals surface area contributed by atoms with Gasteiger partial charge >= 0.3 is 0 Å². The molecule has 0 aliphatic heterocycles. The quantitative estimate of drug-likeness (QED) is 0.882. The molecule has 1 heterocycles. The highest BCUT2D eigenvalue weighted by Gasteiger charge is 2.10. The van der Waals surface area contributed by atoms with Gasteiger partial charge in [-0.2, -0.15) is 0 Å². The summed E-state index contributed by atoms with van der Waals surface area (Å²) in [4.78, 5) is 25.7. The van der Waals surface area contributed by atoms with Gasteiger partial charge in [0.1, 0.15) is 5.69 Å². The third-order valence-electron chi connectivity index (χ3n) is 2.73. The molecule has 110 valence electrons. The van der Waals surface area contributed by atoms with E-state index in [1.165, 1.54) is 25.3 Å². The number of aromatic amines is 1. The highest BCUT2D eigenvalue weighted by molar-refractivity contribution is 6.02. The van der Waals surface area contributed by atoms with Crippen LogP contribution in [0.5, 0.6) is 11.5 Å². The van der Waals surface area contributed by atoms with E-state index in [-0.39, 0.29) is 11.3 Å². The zero-order valence-corrected chi connectivity index (χ0v) is 11.8. The summed E-state index contributed by atoms with van der Waals surface area (Å²) in [5.41, 5.74) is 0.410. The molecule has 0 saturated heterocycles. The number of pyridine rings is 1. The molecular formula is C15H16N2O4. The number of ether oxygens (including phenoxy) is 2. The van der Waals surface area contributed by atoms with Gasteiger partial charge in [0.25, 0.3) is 5.91 Å². The number of carbonyl (C=O) groups excluding carboxylic acids is 1. The minimum atomic E-state index is -0.404. The van der Waals surface area contributed by atoms with Gasteiger partial charge in [-0.1, -0.05) is 6.07 Å². The van der Waals surface area contributed by atoms with Crippen LogP contribution in [-0.2, 0) is 0 Å². The monoisotopic (exact) mass is 288 g/mol. The van der Waals surface area contributed by atoms with E-state index in [9.17, 15) is 9.59 Å². The molecule has 0 unspecified atom stereocenters. The summed E-state index contributed by atoms with van der Waals surface area (Å²) in [5.74, 6) is 0.723. The van der Waals surface area contributed by atoms with Gasteiger partial charge in [-0.3, -0.25) is 9.59 Å². The second kappa shape index (κ2) is 6.60. The van der Waals surface area contributed by atoms with Crippen LogP contribution in [-0.4, -0.2) is 24.6 Å². The number of hydrogen-bond acceptors (Lipinski definition) is 4. The van der Waals surface area contributed by atoms with Crippen molar-refractivity contribution in [2.75, 3.05) is 19.0 Å². The number of benzene rings is 1. The molecule has 1 amide bonds. The Morgan fingerprint density at radius 3 is 2.71 bits per heavy atom. The molecule has 0 aliphatic rings. The van der Waals surface area contributed by atoms with Gasteiger partial charge in [-0.25, -0.2) is 0 Å². The van der Waals surface area contributed by atoms with E-state index in [1.807, 2.05) is 6.92 Å². The van der Waals surface area contributed by atoms with Gasteiger partial charge in [-0.05, 0) is 25.1 Å². The predicted octanol–water partition coefficient (Wildman–Crippen LogP) is 2.03. The lowest BCUT2D eigenvalue weighted by atomic mass is 10.2. The van der Waals surface area contributed by atoms with E-state index in [2.05, 4.69) is 10.3 Å². The summed E-state index contributed by atoms with van der Waals surface area (Å²) < 4.78 is 10.6. The molecule has 0 fully saturated rings. The number of H-pyrrole nitrogens is 1. The molecule has 0 atom stereocenters. The number of anilines is 1. The number of aromatic nitrogens is 1. The van der Waals surface area contributed by atoms with E-state index in [1.54, 1.807) is 18.2 Å². The highest BCUT2D eigenvalue weighted by Crippen LogP contribution is 2.30. The fraction of sp³-hybridized carbons (Fsp3) is 0.200. The van der Waals surface area contributed by atoms with E-state index < -0.39 is 5.91 Å². The zero-order valence-electron chi connectivity index (χ0n) is 11.8. The first-order valence-electron chi connectivity index (χ1n) is 6.45. The Morgan fingerprint density at radius 2 is 2.05 bits per heavy atom. The maximum absolute atomic E-state index is 12.0. The lowest BCUT2D eigenvalue weighted by Crippen LogP contribution is -2.17. The average molecular weight is 288 g/mol.